The van der Waals surface area contributed by atoms with E-state index in [2.05, 4.69) is 18.9 Å². The summed E-state index contributed by atoms with van der Waals surface area (Å²) in [7, 11) is 3.26. The second kappa shape index (κ2) is 5.97. The van der Waals surface area contributed by atoms with Crippen LogP contribution >= 0.6 is 17.3 Å². The number of hydrogen-bond acceptors (Lipinski definition) is 3. The lowest BCUT2D eigenvalue weighted by Crippen LogP contribution is -2.48. The summed E-state index contributed by atoms with van der Waals surface area (Å²) in [6, 6.07) is -0.114. The second-order valence-corrected chi connectivity index (χ2v) is 5.12. The summed E-state index contributed by atoms with van der Waals surface area (Å²) >= 11 is 0. The van der Waals surface area contributed by atoms with Crippen LogP contribution in [0, 0.1) is 0 Å². The third-order valence-corrected chi connectivity index (χ3v) is 4.26. The van der Waals surface area contributed by atoms with E-state index in [-0.39, 0.29) is 18.0 Å². The van der Waals surface area contributed by atoms with Crippen LogP contribution in [0.3, 0.4) is 0 Å². The molecule has 4 unspecified atom stereocenters. The van der Waals surface area contributed by atoms with Gasteiger partial charge in [-0.2, -0.15) is 0 Å². The minimum atomic E-state index is -0.114. The van der Waals surface area contributed by atoms with Crippen molar-refractivity contribution in [2.75, 3.05) is 13.1 Å². The summed E-state index contributed by atoms with van der Waals surface area (Å²) in [6.45, 7) is 3.73. The molecule has 3 N–H and O–H groups in total. The monoisotopic (exact) mass is 235 g/mol. The first-order valence-electron chi connectivity index (χ1n) is 4.97. The first-order valence-corrected chi connectivity index (χ1v) is 7.72. The van der Waals surface area contributed by atoms with Gasteiger partial charge in [0.15, 0.2) is 0 Å². The Labute approximate surface area is 89.3 Å². The van der Waals surface area contributed by atoms with E-state index in [0.717, 1.165) is 25.9 Å². The largest absolute Gasteiger partial charge is 0.355 e. The van der Waals surface area contributed by atoms with Crippen molar-refractivity contribution in [1.82, 2.24) is 9.99 Å². The number of nitrogens with zero attached hydrogens (tertiary/aromatic N) is 1. The normalized spacial score (nSPS) is 28.8. The van der Waals surface area contributed by atoms with Crippen molar-refractivity contribution in [3.8, 4) is 0 Å². The Morgan fingerprint density at radius 3 is 3.07 bits per heavy atom. The van der Waals surface area contributed by atoms with Gasteiger partial charge >= 0.3 is 0 Å². The highest BCUT2D eigenvalue weighted by Gasteiger charge is 2.36. The number of rotatable bonds is 4. The standard InChI is InChI=1S/C8H19N3OP2/c1-2-4-10-8(12)7-6(9)3-5-11(7)14-13/h6-7,14H,2-5,9,13H2,1H3,(H,10,12). The number of nitrogens with two attached hydrogens (primary N) is 1. The van der Waals surface area contributed by atoms with E-state index in [1.54, 1.807) is 0 Å². The van der Waals surface area contributed by atoms with Crippen LogP contribution in [-0.4, -0.2) is 35.8 Å². The Kier molecular flexibility index (Phi) is 5.25. The fourth-order valence-corrected chi connectivity index (χ4v) is 3.25. The molecule has 14 heavy (non-hydrogen) atoms. The molecule has 0 aromatic rings. The van der Waals surface area contributed by atoms with Gasteiger partial charge in [-0.05, 0) is 21.3 Å². The van der Waals surface area contributed by atoms with Gasteiger partial charge < -0.3 is 11.1 Å². The van der Waals surface area contributed by atoms with Crippen LogP contribution in [0.4, 0.5) is 0 Å². The van der Waals surface area contributed by atoms with Crippen LogP contribution in [0.25, 0.3) is 0 Å². The van der Waals surface area contributed by atoms with E-state index in [4.69, 9.17) is 5.73 Å². The Bertz CT molecular complexity index is 203. The molecular formula is C8H19N3OP2. The second-order valence-electron chi connectivity index (χ2n) is 3.51. The zero-order chi connectivity index (χ0) is 10.6. The molecule has 1 amide bonds. The summed E-state index contributed by atoms with van der Waals surface area (Å²) in [5.41, 5.74) is 5.91. The van der Waals surface area contributed by atoms with Gasteiger partial charge in [0, 0.05) is 19.1 Å². The average Bonchev–Trinajstić information content (AvgIpc) is 2.56. The molecule has 4 atom stereocenters. The number of carbonyl (C=O) groups excluding carboxylic acids is 1. The molecule has 82 valence electrons. The van der Waals surface area contributed by atoms with Gasteiger partial charge in [0.05, 0.1) is 0 Å². The molecule has 1 aliphatic heterocycles. The number of carbonyl (C=O) groups is 1. The lowest BCUT2D eigenvalue weighted by molar-refractivity contribution is -0.124. The zero-order valence-electron chi connectivity index (χ0n) is 8.49. The smallest absolute Gasteiger partial charge is 0.239 e. The Balaban J connectivity index is 2.50. The van der Waals surface area contributed by atoms with E-state index in [1.807, 2.05) is 6.92 Å². The minimum Gasteiger partial charge on any atom is -0.355 e. The molecule has 1 rings (SSSR count). The SMILES string of the molecule is CCCNC(=O)C1C(N)CCN1PP. The van der Waals surface area contributed by atoms with Gasteiger partial charge in [-0.15, -0.1) is 0 Å². The van der Waals surface area contributed by atoms with E-state index in [0.29, 0.717) is 8.42 Å². The van der Waals surface area contributed by atoms with Gasteiger partial charge in [-0.3, -0.25) is 9.46 Å². The van der Waals surface area contributed by atoms with Gasteiger partial charge in [0.2, 0.25) is 5.91 Å². The molecule has 1 saturated heterocycles. The molecule has 4 nitrogen and oxygen atoms in total. The lowest BCUT2D eigenvalue weighted by Gasteiger charge is -2.23. The van der Waals surface area contributed by atoms with Crippen LogP contribution < -0.4 is 11.1 Å². The molecular weight excluding hydrogens is 216 g/mol. The van der Waals surface area contributed by atoms with Crippen molar-refractivity contribution >= 4 is 23.3 Å². The predicted molar refractivity (Wildman–Crippen MR) is 64.4 cm³/mol. The third-order valence-electron chi connectivity index (χ3n) is 2.43. The summed E-state index contributed by atoms with van der Waals surface area (Å²) in [4.78, 5) is 11.7. The molecule has 0 aromatic heterocycles. The minimum absolute atomic E-state index is 0.0000869. The highest BCUT2D eigenvalue weighted by Crippen LogP contribution is 2.34. The fourth-order valence-electron chi connectivity index (χ4n) is 1.65. The maximum Gasteiger partial charge on any atom is 0.239 e. The molecule has 1 fully saturated rings. The molecule has 0 aliphatic carbocycles. The maximum absolute atomic E-state index is 11.7. The van der Waals surface area contributed by atoms with Crippen molar-refractivity contribution in [3.63, 3.8) is 0 Å². The molecule has 1 heterocycles. The summed E-state index contributed by atoms with van der Waals surface area (Å²) in [5, 5.41) is 2.90. The molecule has 6 heteroatoms. The van der Waals surface area contributed by atoms with Gasteiger partial charge in [-0.1, -0.05) is 15.9 Å². The first-order chi connectivity index (χ1) is 6.70. The van der Waals surface area contributed by atoms with Crippen molar-refractivity contribution in [1.29, 1.82) is 0 Å². The average molecular weight is 235 g/mol. The molecule has 0 saturated carbocycles. The lowest BCUT2D eigenvalue weighted by atomic mass is 10.1. The van der Waals surface area contributed by atoms with Gasteiger partial charge in [0.25, 0.3) is 0 Å². The van der Waals surface area contributed by atoms with Crippen molar-refractivity contribution in [2.24, 2.45) is 5.73 Å². The van der Waals surface area contributed by atoms with Crippen LogP contribution in [0.5, 0.6) is 0 Å². The Morgan fingerprint density at radius 2 is 2.50 bits per heavy atom. The van der Waals surface area contributed by atoms with Crippen LogP contribution in [0.15, 0.2) is 0 Å². The quantitative estimate of drug-likeness (QED) is 0.689. The van der Waals surface area contributed by atoms with E-state index in [9.17, 15) is 4.79 Å². The summed E-state index contributed by atoms with van der Waals surface area (Å²) in [5.74, 6) is 0.0896. The van der Waals surface area contributed by atoms with Crippen LogP contribution in [0.2, 0.25) is 0 Å². The number of amides is 1. The van der Waals surface area contributed by atoms with E-state index >= 15 is 0 Å². The highest BCUT2D eigenvalue weighted by atomic mass is 32.0. The molecule has 0 radical (unpaired) electrons. The Hall–Kier alpha value is 0.250. The van der Waals surface area contributed by atoms with Crippen molar-refractivity contribution < 1.29 is 4.79 Å². The fraction of sp³-hybridized carbons (Fsp3) is 0.875. The van der Waals surface area contributed by atoms with Crippen LogP contribution in [-0.2, 0) is 4.79 Å². The van der Waals surface area contributed by atoms with Gasteiger partial charge in [0.1, 0.15) is 6.04 Å². The maximum atomic E-state index is 11.7. The number of nitrogens with one attached hydrogen (secondary N) is 1. The summed E-state index contributed by atoms with van der Waals surface area (Å²) < 4.78 is 2.14. The predicted octanol–water partition coefficient (Wildman–Crippen LogP) is 0.298. The van der Waals surface area contributed by atoms with Crippen LogP contribution in [0.1, 0.15) is 19.8 Å². The van der Waals surface area contributed by atoms with E-state index < -0.39 is 0 Å². The zero-order valence-corrected chi connectivity index (χ0v) is 10.6. The third kappa shape index (κ3) is 2.87. The van der Waals surface area contributed by atoms with Gasteiger partial charge in [-0.25, -0.2) is 0 Å². The first kappa shape index (κ1) is 12.3. The van der Waals surface area contributed by atoms with Crippen molar-refractivity contribution in [3.05, 3.63) is 0 Å². The highest BCUT2D eigenvalue weighted by molar-refractivity contribution is 8.01. The summed E-state index contributed by atoms with van der Waals surface area (Å²) in [6.07, 6.45) is 1.89. The molecule has 1 aliphatic rings. The number of hydrogen-bond donors (Lipinski definition) is 2. The Morgan fingerprint density at radius 1 is 1.79 bits per heavy atom. The van der Waals surface area contributed by atoms with Crippen molar-refractivity contribution in [2.45, 2.75) is 31.8 Å². The molecule has 0 bridgehead atoms. The molecule has 0 aromatic carbocycles. The topological polar surface area (TPSA) is 58.4 Å². The molecule has 0 spiro atoms. The van der Waals surface area contributed by atoms with E-state index in [1.165, 1.54) is 0 Å².